The predicted octanol–water partition coefficient (Wildman–Crippen LogP) is 13.9. The molecule has 0 aromatic heterocycles. The minimum atomic E-state index is -3.04. The molecule has 0 saturated heterocycles. The maximum absolute atomic E-state index is 3.04. The van der Waals surface area contributed by atoms with Crippen molar-refractivity contribution in [2.24, 2.45) is 0 Å². The molecule has 1 unspecified atom stereocenters. The quantitative estimate of drug-likeness (QED) is 0.163. The van der Waals surface area contributed by atoms with Gasteiger partial charge in [-0.1, -0.05) is 0 Å². The Morgan fingerprint density at radius 1 is 0.538 bits per heavy atom. The zero-order valence-electron chi connectivity index (χ0n) is 35.0. The fourth-order valence-electron chi connectivity index (χ4n) is 8.87. The Morgan fingerprint density at radius 2 is 0.962 bits per heavy atom. The summed E-state index contributed by atoms with van der Waals surface area (Å²) >= 11 is -3.04. The van der Waals surface area contributed by atoms with E-state index < -0.39 is 45.5 Å². The first-order valence-electron chi connectivity index (χ1n) is 19.6. The fourth-order valence-corrected chi connectivity index (χ4v) is 33.3. The van der Waals surface area contributed by atoms with Crippen LogP contribution in [-0.2, 0) is 32.1 Å². The standard InChI is InChI=1S/C21H25.C14H29Si3.C13H10.Zr/c1-20(2,3)16-7-9-18-14(12-16)11-15-13-17(21(4,5)6)8-10-19(15)18;1-15(2,3)12-10-11-13(16(4,5)6)14(12)17(7,8)9;1-3-7-12(8-4-1)11-13-9-5-2-6-10-13;/h7-13H,1-6H3;10,13H,1-9H3;1-10H;. The van der Waals surface area contributed by atoms with Crippen LogP contribution in [0.4, 0.5) is 0 Å². The van der Waals surface area contributed by atoms with Crippen LogP contribution in [0.3, 0.4) is 0 Å². The van der Waals surface area contributed by atoms with E-state index in [2.05, 4.69) is 204 Å². The van der Waals surface area contributed by atoms with Gasteiger partial charge in [0.15, 0.2) is 0 Å². The topological polar surface area (TPSA) is 0 Å². The van der Waals surface area contributed by atoms with Crippen LogP contribution >= 0.6 is 0 Å². The summed E-state index contributed by atoms with van der Waals surface area (Å²) < 4.78 is 3.96. The molecule has 0 spiro atoms. The van der Waals surface area contributed by atoms with Crippen molar-refractivity contribution in [3.05, 3.63) is 150 Å². The number of allylic oxidation sites excluding steroid dienone is 4. The van der Waals surface area contributed by atoms with Crippen LogP contribution in [0.25, 0.3) is 11.1 Å². The van der Waals surface area contributed by atoms with E-state index in [0.717, 1.165) is 0 Å². The Kier molecular flexibility index (Phi) is 10.5. The van der Waals surface area contributed by atoms with Crippen molar-refractivity contribution in [1.29, 1.82) is 0 Å². The molecule has 0 bridgehead atoms. The van der Waals surface area contributed by atoms with Gasteiger partial charge in [0.05, 0.1) is 0 Å². The molecule has 0 N–H and O–H groups in total. The molecule has 4 aromatic rings. The molecule has 0 aliphatic heterocycles. The molecular weight excluding hydrogens is 752 g/mol. The number of hydrogen-bond acceptors (Lipinski definition) is 0. The van der Waals surface area contributed by atoms with E-state index in [4.69, 9.17) is 0 Å². The van der Waals surface area contributed by atoms with E-state index in [9.17, 15) is 0 Å². The minimum absolute atomic E-state index is 0.0743. The van der Waals surface area contributed by atoms with Crippen molar-refractivity contribution in [1.82, 2.24) is 0 Å². The molecule has 0 fully saturated rings. The van der Waals surface area contributed by atoms with Crippen LogP contribution in [0.15, 0.2) is 117 Å². The number of benzene rings is 4. The predicted molar refractivity (Wildman–Crippen MR) is 236 cm³/mol. The van der Waals surface area contributed by atoms with Gasteiger partial charge in [-0.2, -0.15) is 0 Å². The van der Waals surface area contributed by atoms with E-state index in [1.54, 1.807) is 19.5 Å². The van der Waals surface area contributed by atoms with Crippen LogP contribution in [0, 0.1) is 0 Å². The van der Waals surface area contributed by atoms with Gasteiger partial charge in [0, 0.05) is 0 Å². The van der Waals surface area contributed by atoms with Gasteiger partial charge >= 0.3 is 330 Å². The second kappa shape index (κ2) is 13.8. The molecule has 0 saturated carbocycles. The van der Waals surface area contributed by atoms with E-state index in [0.29, 0.717) is 9.17 Å². The first kappa shape index (κ1) is 39.5. The average Bonchev–Trinajstić information content (AvgIpc) is 3.61. The van der Waals surface area contributed by atoms with E-state index in [-0.39, 0.29) is 10.8 Å². The van der Waals surface area contributed by atoms with Crippen molar-refractivity contribution in [3.63, 3.8) is 0 Å². The Morgan fingerprint density at radius 3 is 1.31 bits per heavy atom. The van der Waals surface area contributed by atoms with Crippen LogP contribution < -0.4 is 0 Å². The summed E-state index contributed by atoms with van der Waals surface area (Å²) in [5, 5.41) is 3.72. The van der Waals surface area contributed by atoms with Crippen molar-refractivity contribution < 1.29 is 21.3 Å². The summed E-state index contributed by atoms with van der Waals surface area (Å²) in [6.07, 6.45) is 2.92. The molecule has 52 heavy (non-hydrogen) atoms. The number of rotatable bonds is 7. The fraction of sp³-hybridized carbons (Fsp3) is 0.396. The second-order valence-electron chi connectivity index (χ2n) is 20.8. The van der Waals surface area contributed by atoms with Gasteiger partial charge in [-0.05, 0) is 0 Å². The van der Waals surface area contributed by atoms with Crippen molar-refractivity contribution in [2.45, 2.75) is 120 Å². The van der Waals surface area contributed by atoms with Gasteiger partial charge < -0.3 is 0 Å². The molecule has 0 heterocycles. The molecule has 0 amide bonds. The van der Waals surface area contributed by atoms with E-state index in [1.165, 1.54) is 33.4 Å². The molecular formula is C48H64Si3Zr. The van der Waals surface area contributed by atoms with Gasteiger partial charge in [-0.15, -0.1) is 0 Å². The molecule has 2 aliphatic carbocycles. The summed E-state index contributed by atoms with van der Waals surface area (Å²) in [4.78, 5) is 0. The van der Waals surface area contributed by atoms with Crippen LogP contribution in [0.5, 0.6) is 0 Å². The molecule has 0 radical (unpaired) electrons. The SMILES string of the molecule is CC(C)(C)c1ccc2c(c1)[CH]([Zr]([C]1=CC([Si](C)(C)C)=C([Si](C)(C)C)C1[Si](C)(C)C)=[C](c1ccccc1)c1ccccc1)c1cc(C(C)(C)C)ccc1-2. The molecule has 4 heteroatoms. The van der Waals surface area contributed by atoms with E-state index >= 15 is 0 Å². The molecule has 1 atom stereocenters. The average molecular weight is 817 g/mol. The summed E-state index contributed by atoms with van der Waals surface area (Å²) in [6.45, 7) is 38.2. The molecule has 4 aromatic carbocycles. The van der Waals surface area contributed by atoms with Crippen LogP contribution in [0.2, 0.25) is 64.5 Å². The summed E-state index contributed by atoms with van der Waals surface area (Å²) in [5.74, 6) is 0. The van der Waals surface area contributed by atoms with Gasteiger partial charge in [0.1, 0.15) is 0 Å². The Bertz CT molecular complexity index is 1980. The first-order valence-corrected chi connectivity index (χ1v) is 34.1. The zero-order valence-corrected chi connectivity index (χ0v) is 40.4. The second-order valence-corrected chi connectivity index (χ2v) is 42.3. The van der Waals surface area contributed by atoms with E-state index in [1.807, 2.05) is 8.48 Å². The van der Waals surface area contributed by atoms with Crippen molar-refractivity contribution in [3.8, 4) is 11.1 Å². The molecule has 0 nitrogen and oxygen atoms in total. The number of fused-ring (bicyclic) bond motifs is 3. The van der Waals surface area contributed by atoms with Gasteiger partial charge in [0.2, 0.25) is 0 Å². The normalized spacial score (nSPS) is 16.9. The summed E-state index contributed by atoms with van der Waals surface area (Å²) in [6, 6.07) is 38.4. The van der Waals surface area contributed by atoms with Crippen molar-refractivity contribution in [2.75, 3.05) is 0 Å². The third kappa shape index (κ3) is 7.53. The number of hydrogen-bond donors (Lipinski definition) is 0. The molecule has 272 valence electrons. The molecule has 6 rings (SSSR count). The zero-order chi connectivity index (χ0) is 38.2. The Hall–Kier alpha value is -2.24. The monoisotopic (exact) mass is 814 g/mol. The third-order valence-electron chi connectivity index (χ3n) is 11.4. The third-order valence-corrected chi connectivity index (χ3v) is 27.5. The summed E-state index contributed by atoms with van der Waals surface area (Å²) in [7, 11) is -5.09. The van der Waals surface area contributed by atoms with Gasteiger partial charge in [0.25, 0.3) is 0 Å². The van der Waals surface area contributed by atoms with Gasteiger partial charge in [-0.3, -0.25) is 0 Å². The Labute approximate surface area is 328 Å². The van der Waals surface area contributed by atoms with Crippen LogP contribution in [-0.4, -0.2) is 27.4 Å². The van der Waals surface area contributed by atoms with Crippen LogP contribution in [0.1, 0.15) is 78.5 Å². The van der Waals surface area contributed by atoms with Crippen molar-refractivity contribution >= 4 is 27.4 Å². The maximum atomic E-state index is 2.92. The first-order chi connectivity index (χ1) is 24.0. The Balaban J connectivity index is 1.86. The van der Waals surface area contributed by atoms with Gasteiger partial charge in [-0.25, -0.2) is 0 Å². The molecule has 2 aliphatic rings. The summed E-state index contributed by atoms with van der Waals surface area (Å²) in [5.41, 5.74) is 12.7.